The van der Waals surface area contributed by atoms with Crippen molar-refractivity contribution in [3.05, 3.63) is 27.7 Å². The summed E-state index contributed by atoms with van der Waals surface area (Å²) in [5.74, 6) is 0.728. The predicted octanol–water partition coefficient (Wildman–Crippen LogP) is 2.67. The zero-order chi connectivity index (χ0) is 15.3. The molecule has 0 saturated heterocycles. The molecule has 4 nitrogen and oxygen atoms in total. The Labute approximate surface area is 133 Å². The van der Waals surface area contributed by atoms with Crippen LogP contribution >= 0.6 is 27.7 Å². The van der Waals surface area contributed by atoms with Gasteiger partial charge in [0.05, 0.1) is 11.5 Å². The van der Waals surface area contributed by atoms with Crippen molar-refractivity contribution in [3.8, 4) is 0 Å². The highest BCUT2D eigenvalue weighted by molar-refractivity contribution is 9.10. The summed E-state index contributed by atoms with van der Waals surface area (Å²) < 4.78 is 28.2. The van der Waals surface area contributed by atoms with Gasteiger partial charge in [0, 0.05) is 16.3 Å². The highest BCUT2D eigenvalue weighted by Crippen LogP contribution is 2.27. The second-order valence-corrected chi connectivity index (χ2v) is 7.95. The third-order valence-electron chi connectivity index (χ3n) is 2.94. The van der Waals surface area contributed by atoms with Crippen LogP contribution in [0.4, 0.5) is 0 Å². The van der Waals surface area contributed by atoms with Crippen LogP contribution in [0.25, 0.3) is 0 Å². The Hall–Kier alpha value is -0.0800. The van der Waals surface area contributed by atoms with Gasteiger partial charge < -0.3 is 5.11 Å². The molecule has 0 spiro atoms. The third-order valence-corrected chi connectivity index (χ3v) is 6.53. The number of thioether (sulfide) groups is 1. The van der Waals surface area contributed by atoms with Gasteiger partial charge in [0.1, 0.15) is 0 Å². The van der Waals surface area contributed by atoms with Gasteiger partial charge in [0.15, 0.2) is 0 Å². The van der Waals surface area contributed by atoms with E-state index in [0.29, 0.717) is 10.0 Å². The van der Waals surface area contributed by atoms with Crippen molar-refractivity contribution in [3.63, 3.8) is 0 Å². The van der Waals surface area contributed by atoms with E-state index in [1.807, 2.05) is 20.1 Å². The molecule has 1 unspecified atom stereocenters. The second kappa shape index (κ2) is 7.79. The minimum atomic E-state index is -3.60. The molecule has 0 radical (unpaired) electrons. The van der Waals surface area contributed by atoms with Crippen LogP contribution in [0.15, 0.2) is 21.5 Å². The van der Waals surface area contributed by atoms with E-state index < -0.39 is 10.0 Å². The van der Waals surface area contributed by atoms with Gasteiger partial charge in [-0.25, -0.2) is 13.1 Å². The van der Waals surface area contributed by atoms with Crippen LogP contribution in [0.1, 0.15) is 24.5 Å². The van der Waals surface area contributed by atoms with E-state index in [1.165, 1.54) is 6.07 Å². The molecular formula is C13H20BrNO3S2. The minimum absolute atomic E-state index is 0.0972. The number of nitrogens with one attached hydrogen (secondary N) is 1. The summed E-state index contributed by atoms with van der Waals surface area (Å²) in [5.41, 5.74) is 1.37. The summed E-state index contributed by atoms with van der Waals surface area (Å²) in [5, 5.41) is 9.22. The molecule has 0 fully saturated rings. The number of hydrogen-bond acceptors (Lipinski definition) is 4. The first-order valence-corrected chi connectivity index (χ1v) is 9.93. The van der Waals surface area contributed by atoms with E-state index in [1.54, 1.807) is 17.8 Å². The standard InChI is InChI=1S/C13H20BrNO3S2/c1-4-11(8-19-3)15-20(17,18)12-6-10(7-16)5-9(2)13(12)14/h5-6,11,15-16H,4,7-8H2,1-3H3. The lowest BCUT2D eigenvalue weighted by molar-refractivity contribution is 0.281. The maximum Gasteiger partial charge on any atom is 0.241 e. The van der Waals surface area contributed by atoms with E-state index in [2.05, 4.69) is 20.7 Å². The maximum atomic E-state index is 12.5. The second-order valence-electron chi connectivity index (χ2n) is 4.56. The summed E-state index contributed by atoms with van der Waals surface area (Å²) in [4.78, 5) is 0.182. The fraction of sp³-hybridized carbons (Fsp3) is 0.538. The van der Waals surface area contributed by atoms with Gasteiger partial charge in [-0.15, -0.1) is 0 Å². The van der Waals surface area contributed by atoms with Crippen LogP contribution in [0, 0.1) is 6.92 Å². The number of rotatable bonds is 7. The van der Waals surface area contributed by atoms with Crippen LogP contribution in [0.5, 0.6) is 0 Å². The topological polar surface area (TPSA) is 66.4 Å². The summed E-state index contributed by atoms with van der Waals surface area (Å²) in [6, 6.07) is 3.17. The van der Waals surface area contributed by atoms with Gasteiger partial charge in [-0.05, 0) is 52.7 Å². The summed E-state index contributed by atoms with van der Waals surface area (Å²) in [7, 11) is -3.60. The fourth-order valence-electron chi connectivity index (χ4n) is 1.82. The van der Waals surface area contributed by atoms with Crippen LogP contribution < -0.4 is 4.72 Å². The molecule has 1 aromatic rings. The average molecular weight is 382 g/mol. The van der Waals surface area contributed by atoms with Gasteiger partial charge in [0.2, 0.25) is 10.0 Å². The minimum Gasteiger partial charge on any atom is -0.392 e. The molecular weight excluding hydrogens is 362 g/mol. The van der Waals surface area contributed by atoms with Gasteiger partial charge >= 0.3 is 0 Å². The van der Waals surface area contributed by atoms with Crippen molar-refractivity contribution in [1.29, 1.82) is 0 Å². The van der Waals surface area contributed by atoms with Crippen LogP contribution in [-0.2, 0) is 16.6 Å². The first-order valence-electron chi connectivity index (χ1n) is 6.26. The zero-order valence-electron chi connectivity index (χ0n) is 11.8. The Morgan fingerprint density at radius 1 is 1.45 bits per heavy atom. The number of hydrogen-bond donors (Lipinski definition) is 2. The van der Waals surface area contributed by atoms with E-state index in [9.17, 15) is 13.5 Å². The quantitative estimate of drug-likeness (QED) is 0.761. The lowest BCUT2D eigenvalue weighted by Crippen LogP contribution is -2.36. The molecule has 20 heavy (non-hydrogen) atoms. The molecule has 0 aliphatic rings. The largest absolute Gasteiger partial charge is 0.392 e. The van der Waals surface area contributed by atoms with Crippen LogP contribution in [0.3, 0.4) is 0 Å². The summed E-state index contributed by atoms with van der Waals surface area (Å²) in [6.07, 6.45) is 2.68. The molecule has 0 aromatic heterocycles. The molecule has 7 heteroatoms. The third kappa shape index (κ3) is 4.46. The monoisotopic (exact) mass is 381 g/mol. The van der Waals surface area contributed by atoms with Crippen molar-refractivity contribution in [2.24, 2.45) is 0 Å². The van der Waals surface area contributed by atoms with E-state index in [0.717, 1.165) is 17.7 Å². The molecule has 0 heterocycles. The van der Waals surface area contributed by atoms with Crippen LogP contribution in [-0.4, -0.2) is 31.6 Å². The number of benzene rings is 1. The molecule has 1 aromatic carbocycles. The Balaban J connectivity index is 3.18. The predicted molar refractivity (Wildman–Crippen MR) is 87.6 cm³/mol. The number of sulfonamides is 1. The molecule has 2 N–H and O–H groups in total. The van der Waals surface area contributed by atoms with Crippen molar-refractivity contribution in [2.75, 3.05) is 12.0 Å². The fourth-order valence-corrected chi connectivity index (χ4v) is 5.03. The van der Waals surface area contributed by atoms with E-state index in [4.69, 9.17) is 0 Å². The number of halogens is 1. The SMILES string of the molecule is CCC(CSC)NS(=O)(=O)c1cc(CO)cc(C)c1Br. The highest BCUT2D eigenvalue weighted by Gasteiger charge is 2.22. The smallest absolute Gasteiger partial charge is 0.241 e. The number of aliphatic hydroxyl groups excluding tert-OH is 1. The molecule has 0 amide bonds. The average Bonchev–Trinajstić information content (AvgIpc) is 2.40. The van der Waals surface area contributed by atoms with Crippen molar-refractivity contribution in [1.82, 2.24) is 4.72 Å². The van der Waals surface area contributed by atoms with E-state index in [-0.39, 0.29) is 17.5 Å². The van der Waals surface area contributed by atoms with Gasteiger partial charge in [-0.2, -0.15) is 11.8 Å². The molecule has 0 saturated carbocycles. The number of aryl methyl sites for hydroxylation is 1. The molecule has 0 aliphatic heterocycles. The zero-order valence-corrected chi connectivity index (χ0v) is 15.0. The molecule has 114 valence electrons. The van der Waals surface area contributed by atoms with E-state index >= 15 is 0 Å². The number of aliphatic hydroxyl groups is 1. The lowest BCUT2D eigenvalue weighted by atomic mass is 10.1. The van der Waals surface area contributed by atoms with Crippen molar-refractivity contribution in [2.45, 2.75) is 37.8 Å². The lowest BCUT2D eigenvalue weighted by Gasteiger charge is -2.18. The molecule has 1 rings (SSSR count). The summed E-state index contributed by atoms with van der Waals surface area (Å²) in [6.45, 7) is 3.58. The highest BCUT2D eigenvalue weighted by atomic mass is 79.9. The Morgan fingerprint density at radius 2 is 2.10 bits per heavy atom. The molecule has 1 atom stereocenters. The molecule has 0 aliphatic carbocycles. The van der Waals surface area contributed by atoms with Crippen molar-refractivity contribution >= 4 is 37.7 Å². The van der Waals surface area contributed by atoms with Gasteiger partial charge in [0.25, 0.3) is 0 Å². The first kappa shape index (κ1) is 18.0. The van der Waals surface area contributed by atoms with Gasteiger partial charge in [-0.1, -0.05) is 13.0 Å². The van der Waals surface area contributed by atoms with Crippen molar-refractivity contribution < 1.29 is 13.5 Å². The van der Waals surface area contributed by atoms with Crippen LogP contribution in [0.2, 0.25) is 0 Å². The Bertz CT molecular complexity index is 561. The first-order chi connectivity index (χ1) is 9.35. The Morgan fingerprint density at radius 3 is 2.60 bits per heavy atom. The Kier molecular flexibility index (Phi) is 7.00. The van der Waals surface area contributed by atoms with Gasteiger partial charge in [-0.3, -0.25) is 0 Å². The maximum absolute atomic E-state index is 12.5. The molecule has 0 bridgehead atoms. The summed E-state index contributed by atoms with van der Waals surface area (Å²) >= 11 is 4.93. The normalized spacial score (nSPS) is 13.4.